The Morgan fingerprint density at radius 2 is 1.03 bits per heavy atom. The van der Waals surface area contributed by atoms with Crippen LogP contribution in [0.15, 0.2) is 12.2 Å². The van der Waals surface area contributed by atoms with Crippen LogP contribution in [0.4, 0.5) is 0 Å². The molecule has 0 aliphatic carbocycles. The van der Waals surface area contributed by atoms with Crippen LogP contribution >= 0.6 is 0 Å². The van der Waals surface area contributed by atoms with E-state index in [0.717, 1.165) is 25.3 Å². The lowest BCUT2D eigenvalue weighted by atomic mass is 10.0. The van der Waals surface area contributed by atoms with Gasteiger partial charge in [-0.2, -0.15) is 0 Å². The monoisotopic (exact) mass is 496 g/mol. The summed E-state index contributed by atoms with van der Waals surface area (Å²) >= 11 is 0. The normalized spacial score (nSPS) is 11.2. The van der Waals surface area contributed by atoms with E-state index in [9.17, 15) is 4.79 Å². The van der Waals surface area contributed by atoms with Crippen LogP contribution in [0, 0.1) is 5.92 Å². The van der Waals surface area contributed by atoms with Crippen molar-refractivity contribution in [1.29, 1.82) is 0 Å². The van der Waals surface area contributed by atoms with Gasteiger partial charge in [-0.1, -0.05) is 142 Å². The van der Waals surface area contributed by atoms with Crippen molar-refractivity contribution >= 4 is 5.97 Å². The molecule has 3 N–H and O–H groups in total. The number of hydrogen-bond donors (Lipinski definition) is 2. The summed E-state index contributed by atoms with van der Waals surface area (Å²) in [4.78, 5) is 10.3. The number of nitrogens with two attached hydrogens (primary N) is 1. The molecule has 0 rings (SSSR count). The van der Waals surface area contributed by atoms with E-state index in [1.54, 1.807) is 0 Å². The Bertz CT molecular complexity index is 420. The number of unbranched alkanes of at least 4 members (excludes halogenated alkanes) is 19. The number of hydrogen-bond acceptors (Lipinski definition) is 2. The lowest BCUT2D eigenvalue weighted by Gasteiger charge is -2.04. The van der Waals surface area contributed by atoms with E-state index in [0.29, 0.717) is 6.42 Å². The zero-order chi connectivity index (χ0) is 26.2. The smallest absolute Gasteiger partial charge is 0.303 e. The van der Waals surface area contributed by atoms with E-state index in [1.165, 1.54) is 135 Å². The summed E-state index contributed by atoms with van der Waals surface area (Å²) in [6.45, 7) is 7.76. The number of allylic oxidation sites excluding steroid dienone is 2. The molecule has 0 aromatic heterocycles. The highest BCUT2D eigenvalue weighted by Gasteiger charge is 1.96. The van der Waals surface area contributed by atoms with Crippen molar-refractivity contribution in [2.24, 2.45) is 11.7 Å². The van der Waals surface area contributed by atoms with Crippen LogP contribution in [0.3, 0.4) is 0 Å². The largest absolute Gasteiger partial charge is 0.481 e. The summed E-state index contributed by atoms with van der Waals surface area (Å²) in [7, 11) is 0. The molecule has 0 aliphatic heterocycles. The van der Waals surface area contributed by atoms with Crippen molar-refractivity contribution in [3.63, 3.8) is 0 Å². The average molecular weight is 496 g/mol. The van der Waals surface area contributed by atoms with Gasteiger partial charge >= 0.3 is 5.97 Å². The van der Waals surface area contributed by atoms with Crippen molar-refractivity contribution in [1.82, 2.24) is 0 Å². The quantitative estimate of drug-likeness (QED) is 0.0926. The summed E-state index contributed by atoms with van der Waals surface area (Å²) < 4.78 is 0. The topological polar surface area (TPSA) is 63.3 Å². The second-order valence-corrected chi connectivity index (χ2v) is 10.9. The van der Waals surface area contributed by atoms with Crippen LogP contribution in [0.1, 0.15) is 175 Å². The molecular formula is C32H65NO2. The van der Waals surface area contributed by atoms with Gasteiger partial charge in [-0.15, -0.1) is 0 Å². The molecule has 210 valence electrons. The lowest BCUT2D eigenvalue weighted by Crippen LogP contribution is -1.97. The van der Waals surface area contributed by atoms with Crippen LogP contribution in [0.2, 0.25) is 0 Å². The predicted molar refractivity (Wildman–Crippen MR) is 157 cm³/mol. The Hall–Kier alpha value is -0.830. The van der Waals surface area contributed by atoms with Crippen molar-refractivity contribution in [2.75, 3.05) is 6.54 Å². The summed E-state index contributed by atoms with van der Waals surface area (Å²) in [5.74, 6) is 0.226. The second-order valence-electron chi connectivity index (χ2n) is 10.9. The molecule has 35 heavy (non-hydrogen) atoms. The van der Waals surface area contributed by atoms with Crippen molar-refractivity contribution in [3.8, 4) is 0 Å². The Labute approximate surface area is 221 Å². The van der Waals surface area contributed by atoms with Crippen LogP contribution in [0.25, 0.3) is 0 Å². The van der Waals surface area contributed by atoms with Crippen LogP contribution in [-0.2, 0) is 4.79 Å². The molecule has 0 aromatic rings. The molecule has 0 saturated heterocycles. The molecule has 0 fully saturated rings. The van der Waals surface area contributed by atoms with Crippen molar-refractivity contribution in [3.05, 3.63) is 12.2 Å². The molecule has 0 atom stereocenters. The third-order valence-electron chi connectivity index (χ3n) is 6.64. The zero-order valence-electron chi connectivity index (χ0n) is 24.3. The highest BCUT2D eigenvalue weighted by molar-refractivity contribution is 5.66. The lowest BCUT2D eigenvalue weighted by molar-refractivity contribution is -0.137. The molecule has 0 bridgehead atoms. The third kappa shape index (κ3) is 40.6. The first-order valence-electron chi connectivity index (χ1n) is 15.6. The number of carbonyl (C=O) groups is 1. The van der Waals surface area contributed by atoms with Gasteiger partial charge in [0, 0.05) is 6.42 Å². The molecule has 0 heterocycles. The van der Waals surface area contributed by atoms with Gasteiger partial charge in [-0.25, -0.2) is 0 Å². The van der Waals surface area contributed by atoms with Gasteiger partial charge in [0.2, 0.25) is 0 Å². The summed E-state index contributed by atoms with van der Waals surface area (Å²) in [5, 5.41) is 8.51. The zero-order valence-corrected chi connectivity index (χ0v) is 24.3. The van der Waals surface area contributed by atoms with Gasteiger partial charge < -0.3 is 10.8 Å². The van der Waals surface area contributed by atoms with E-state index < -0.39 is 5.97 Å². The van der Waals surface area contributed by atoms with Gasteiger partial charge in [0.25, 0.3) is 0 Å². The minimum atomic E-state index is -0.664. The molecule has 0 saturated carbocycles. The maximum atomic E-state index is 10.3. The van der Waals surface area contributed by atoms with Gasteiger partial charge in [-0.3, -0.25) is 4.79 Å². The van der Waals surface area contributed by atoms with Gasteiger partial charge in [-0.05, 0) is 51.0 Å². The summed E-state index contributed by atoms with van der Waals surface area (Å²) in [5.41, 5.74) is 5.45. The molecule has 0 amide bonds. The minimum Gasteiger partial charge on any atom is -0.481 e. The minimum absolute atomic E-state index is 0.332. The molecule has 0 unspecified atom stereocenters. The SMILES string of the molecule is CC(C)CCCCCCCCCCCN.CCCCCCCCC=CCCCCCCCC(=O)O. The van der Waals surface area contributed by atoms with E-state index in [-0.39, 0.29) is 0 Å². The van der Waals surface area contributed by atoms with Crippen molar-refractivity contribution < 1.29 is 9.90 Å². The molecule has 0 radical (unpaired) electrons. The highest BCUT2D eigenvalue weighted by atomic mass is 16.4. The molecule has 0 aromatic carbocycles. The van der Waals surface area contributed by atoms with Crippen LogP contribution < -0.4 is 5.73 Å². The Morgan fingerprint density at radius 1 is 0.629 bits per heavy atom. The fraction of sp³-hybridized carbons (Fsp3) is 0.906. The predicted octanol–water partition coefficient (Wildman–Crippen LogP) is 10.6. The Kier molecular flexibility index (Phi) is 34.4. The Morgan fingerprint density at radius 3 is 1.46 bits per heavy atom. The summed E-state index contributed by atoms with van der Waals surface area (Å²) in [6, 6.07) is 0. The number of carboxylic acids is 1. The maximum absolute atomic E-state index is 10.3. The summed E-state index contributed by atoms with van der Waals surface area (Å²) in [6.07, 6.45) is 35.2. The molecule has 3 heteroatoms. The Balaban J connectivity index is 0. The second kappa shape index (κ2) is 33.2. The number of carboxylic acid groups (broad SMARTS) is 1. The van der Waals surface area contributed by atoms with Gasteiger partial charge in [0.15, 0.2) is 0 Å². The molecule has 0 spiro atoms. The van der Waals surface area contributed by atoms with Gasteiger partial charge in [0.05, 0.1) is 0 Å². The van der Waals surface area contributed by atoms with E-state index in [2.05, 4.69) is 32.9 Å². The van der Waals surface area contributed by atoms with E-state index in [4.69, 9.17) is 10.8 Å². The van der Waals surface area contributed by atoms with Gasteiger partial charge in [0.1, 0.15) is 0 Å². The number of aliphatic carboxylic acids is 1. The molecule has 0 aliphatic rings. The fourth-order valence-electron chi connectivity index (χ4n) is 4.28. The van der Waals surface area contributed by atoms with Crippen LogP contribution in [0.5, 0.6) is 0 Å². The van der Waals surface area contributed by atoms with E-state index in [1.807, 2.05) is 0 Å². The molecular weight excluding hydrogens is 430 g/mol. The highest BCUT2D eigenvalue weighted by Crippen LogP contribution is 2.13. The standard InChI is InChI=1S/C18H34O2.C14H31N/c1-2-3-4-5-6-7-8-9-10-11-12-13-14-15-16-17-18(19)20;1-14(2)12-10-8-6-4-3-5-7-9-11-13-15/h9-10H,2-8,11-17H2,1H3,(H,19,20);14H,3-13,15H2,1-2H3. The van der Waals surface area contributed by atoms with E-state index >= 15 is 0 Å². The first-order chi connectivity index (χ1) is 17.0. The average Bonchev–Trinajstić information content (AvgIpc) is 2.83. The first kappa shape index (κ1) is 36.3. The maximum Gasteiger partial charge on any atom is 0.303 e. The molecule has 3 nitrogen and oxygen atoms in total. The van der Waals surface area contributed by atoms with Crippen LogP contribution in [-0.4, -0.2) is 17.6 Å². The number of rotatable bonds is 26. The van der Waals surface area contributed by atoms with Crippen molar-refractivity contribution in [2.45, 2.75) is 175 Å². The fourth-order valence-corrected chi connectivity index (χ4v) is 4.28. The third-order valence-corrected chi connectivity index (χ3v) is 6.64. The first-order valence-corrected chi connectivity index (χ1v) is 15.6.